The van der Waals surface area contributed by atoms with Crippen LogP contribution >= 0.6 is 23.1 Å². The second-order valence-corrected chi connectivity index (χ2v) is 8.40. The number of anilines is 1. The van der Waals surface area contributed by atoms with Crippen molar-refractivity contribution in [3.05, 3.63) is 46.1 Å². The van der Waals surface area contributed by atoms with Crippen LogP contribution in [0.4, 0.5) is 5.13 Å². The topological polar surface area (TPSA) is 102 Å². The van der Waals surface area contributed by atoms with Gasteiger partial charge in [-0.05, 0) is 12.1 Å². The third kappa shape index (κ3) is 4.89. The fourth-order valence-electron chi connectivity index (χ4n) is 2.99. The Morgan fingerprint density at radius 1 is 1.20 bits per heavy atom. The number of fused-ring (bicyclic) bond motifs is 1. The summed E-state index contributed by atoms with van der Waals surface area (Å²) < 4.78 is 10.6. The number of para-hydroxylation sites is 1. The monoisotopic (exact) mass is 445 g/mol. The SMILES string of the molecule is O=C(CSCC(=O)N1CCOCC1)Nc1nc(-c2cc3ccccc3oc2=O)cs1. The first-order chi connectivity index (χ1) is 14.6. The highest BCUT2D eigenvalue weighted by Gasteiger charge is 2.17. The third-order valence-corrected chi connectivity index (χ3v) is 6.17. The maximum absolute atomic E-state index is 12.3. The van der Waals surface area contributed by atoms with E-state index in [1.165, 1.54) is 23.1 Å². The number of morpholine rings is 1. The molecule has 4 rings (SSSR count). The fraction of sp³-hybridized carbons (Fsp3) is 0.300. The number of thioether (sulfide) groups is 1. The Bertz CT molecular complexity index is 1120. The van der Waals surface area contributed by atoms with Gasteiger partial charge in [-0.3, -0.25) is 9.59 Å². The van der Waals surface area contributed by atoms with Crippen molar-refractivity contribution in [3.63, 3.8) is 0 Å². The van der Waals surface area contributed by atoms with E-state index in [0.717, 1.165) is 5.39 Å². The first kappa shape index (κ1) is 20.6. The first-order valence-electron chi connectivity index (χ1n) is 9.32. The van der Waals surface area contributed by atoms with Crippen LogP contribution in [0.3, 0.4) is 0 Å². The normalized spacial score (nSPS) is 14.1. The van der Waals surface area contributed by atoms with Crippen molar-refractivity contribution >= 4 is 51.0 Å². The molecule has 8 nitrogen and oxygen atoms in total. The fourth-order valence-corrected chi connectivity index (χ4v) is 4.43. The standard InChI is InChI=1S/C20H19N3O5S2/c24-17(11-29-12-18(25)23-5-7-27-8-6-23)22-20-21-15(10-30-20)14-9-13-3-1-2-4-16(13)28-19(14)26/h1-4,9-10H,5-8,11-12H2,(H,21,22,24). The van der Waals surface area contributed by atoms with Crippen molar-refractivity contribution in [3.8, 4) is 11.3 Å². The van der Waals surface area contributed by atoms with Gasteiger partial charge in [-0.15, -0.1) is 23.1 Å². The van der Waals surface area contributed by atoms with E-state index in [9.17, 15) is 14.4 Å². The summed E-state index contributed by atoms with van der Waals surface area (Å²) in [6.07, 6.45) is 0. The Kier molecular flexibility index (Phi) is 6.46. The van der Waals surface area contributed by atoms with Crippen molar-refractivity contribution in [2.75, 3.05) is 43.1 Å². The number of hydrogen-bond acceptors (Lipinski definition) is 8. The minimum atomic E-state index is -0.478. The molecule has 0 atom stereocenters. The van der Waals surface area contributed by atoms with E-state index in [2.05, 4.69) is 10.3 Å². The summed E-state index contributed by atoms with van der Waals surface area (Å²) in [5.74, 6) is 0.148. The van der Waals surface area contributed by atoms with E-state index in [-0.39, 0.29) is 23.3 Å². The van der Waals surface area contributed by atoms with Crippen molar-refractivity contribution < 1.29 is 18.7 Å². The highest BCUT2D eigenvalue weighted by Crippen LogP contribution is 2.25. The van der Waals surface area contributed by atoms with Crippen LogP contribution in [0.5, 0.6) is 0 Å². The molecule has 156 valence electrons. The summed E-state index contributed by atoms with van der Waals surface area (Å²) in [6.45, 7) is 2.30. The number of thiazole rings is 1. The number of aromatic nitrogens is 1. The number of nitrogens with one attached hydrogen (secondary N) is 1. The molecular weight excluding hydrogens is 426 g/mol. The molecule has 1 N–H and O–H groups in total. The zero-order valence-electron chi connectivity index (χ0n) is 16.0. The zero-order chi connectivity index (χ0) is 20.9. The number of ether oxygens (including phenoxy) is 1. The van der Waals surface area contributed by atoms with Gasteiger partial charge >= 0.3 is 5.63 Å². The van der Waals surface area contributed by atoms with Gasteiger partial charge in [-0.25, -0.2) is 9.78 Å². The van der Waals surface area contributed by atoms with Gasteiger partial charge in [0.2, 0.25) is 11.8 Å². The van der Waals surface area contributed by atoms with E-state index >= 15 is 0 Å². The van der Waals surface area contributed by atoms with E-state index in [0.29, 0.717) is 48.3 Å². The van der Waals surface area contributed by atoms with Crippen LogP contribution in [-0.4, -0.2) is 59.5 Å². The van der Waals surface area contributed by atoms with Gasteiger partial charge in [0.05, 0.1) is 36.0 Å². The lowest BCUT2D eigenvalue weighted by Gasteiger charge is -2.26. The minimum absolute atomic E-state index is 0.00987. The molecule has 0 radical (unpaired) electrons. The Hall–Kier alpha value is -2.69. The first-order valence-corrected chi connectivity index (χ1v) is 11.4. The molecule has 3 aromatic rings. The highest BCUT2D eigenvalue weighted by atomic mass is 32.2. The van der Waals surface area contributed by atoms with Gasteiger partial charge in [-0.2, -0.15) is 0 Å². The second-order valence-electron chi connectivity index (χ2n) is 6.56. The van der Waals surface area contributed by atoms with Crippen LogP contribution in [0, 0.1) is 0 Å². The molecule has 3 heterocycles. The van der Waals surface area contributed by atoms with Gasteiger partial charge in [0.1, 0.15) is 5.58 Å². The van der Waals surface area contributed by atoms with Gasteiger partial charge < -0.3 is 19.4 Å². The molecule has 0 saturated carbocycles. The summed E-state index contributed by atoms with van der Waals surface area (Å²) in [5, 5.41) is 5.60. The summed E-state index contributed by atoms with van der Waals surface area (Å²) in [5.41, 5.74) is 0.827. The smallest absolute Gasteiger partial charge is 0.345 e. The minimum Gasteiger partial charge on any atom is -0.422 e. The van der Waals surface area contributed by atoms with Gasteiger partial charge in [0, 0.05) is 23.9 Å². The van der Waals surface area contributed by atoms with E-state index in [1.54, 1.807) is 28.5 Å². The maximum atomic E-state index is 12.3. The van der Waals surface area contributed by atoms with Crippen LogP contribution in [0.15, 0.2) is 44.9 Å². The average molecular weight is 446 g/mol. The molecule has 30 heavy (non-hydrogen) atoms. The van der Waals surface area contributed by atoms with Crippen LogP contribution in [-0.2, 0) is 14.3 Å². The van der Waals surface area contributed by atoms with Gasteiger partial charge in [0.25, 0.3) is 0 Å². The quantitative estimate of drug-likeness (QED) is 0.582. The van der Waals surface area contributed by atoms with E-state index in [1.807, 2.05) is 12.1 Å². The zero-order valence-corrected chi connectivity index (χ0v) is 17.6. The number of benzene rings is 1. The van der Waals surface area contributed by atoms with E-state index in [4.69, 9.17) is 9.15 Å². The van der Waals surface area contributed by atoms with Crippen LogP contribution < -0.4 is 10.9 Å². The van der Waals surface area contributed by atoms with Gasteiger partial charge in [-0.1, -0.05) is 18.2 Å². The van der Waals surface area contributed by atoms with Gasteiger partial charge in [0.15, 0.2) is 5.13 Å². The van der Waals surface area contributed by atoms with E-state index < -0.39 is 5.63 Å². The Labute approximate surface area is 180 Å². The molecule has 2 aromatic heterocycles. The number of nitrogens with zero attached hydrogens (tertiary/aromatic N) is 2. The Morgan fingerprint density at radius 3 is 2.83 bits per heavy atom. The van der Waals surface area contributed by atoms with Crippen molar-refractivity contribution in [2.45, 2.75) is 0 Å². The molecule has 0 bridgehead atoms. The summed E-state index contributed by atoms with van der Waals surface area (Å²) >= 11 is 2.48. The number of rotatable bonds is 6. The molecule has 2 amide bonds. The lowest BCUT2D eigenvalue weighted by atomic mass is 10.1. The molecule has 1 aliphatic heterocycles. The maximum Gasteiger partial charge on any atom is 0.345 e. The predicted octanol–water partition coefficient (Wildman–Crippen LogP) is 2.45. The predicted molar refractivity (Wildman–Crippen MR) is 117 cm³/mol. The number of carbonyl (C=O) groups excluding carboxylic acids is 2. The second kappa shape index (κ2) is 9.41. The van der Waals surface area contributed by atoms with Crippen molar-refractivity contribution in [2.24, 2.45) is 0 Å². The number of hydrogen-bond donors (Lipinski definition) is 1. The molecule has 0 aliphatic carbocycles. The largest absolute Gasteiger partial charge is 0.422 e. The molecule has 1 aromatic carbocycles. The molecule has 0 spiro atoms. The Morgan fingerprint density at radius 2 is 2.00 bits per heavy atom. The van der Waals surface area contributed by atoms with Crippen LogP contribution in [0.25, 0.3) is 22.2 Å². The molecule has 0 unspecified atom stereocenters. The van der Waals surface area contributed by atoms with Crippen LogP contribution in [0.2, 0.25) is 0 Å². The molecule has 1 fully saturated rings. The van der Waals surface area contributed by atoms with Crippen molar-refractivity contribution in [1.29, 1.82) is 0 Å². The molecule has 1 saturated heterocycles. The lowest BCUT2D eigenvalue weighted by molar-refractivity contribution is -0.132. The summed E-state index contributed by atoms with van der Waals surface area (Å²) in [4.78, 5) is 42.6. The Balaban J connectivity index is 1.33. The summed E-state index contributed by atoms with van der Waals surface area (Å²) in [7, 11) is 0. The third-order valence-electron chi connectivity index (χ3n) is 4.49. The van der Waals surface area contributed by atoms with Crippen molar-refractivity contribution in [1.82, 2.24) is 9.88 Å². The average Bonchev–Trinajstić information content (AvgIpc) is 3.21. The summed E-state index contributed by atoms with van der Waals surface area (Å²) in [6, 6.07) is 8.98. The molecule has 1 aliphatic rings. The highest BCUT2D eigenvalue weighted by molar-refractivity contribution is 8.00. The number of amides is 2. The number of carbonyl (C=O) groups is 2. The van der Waals surface area contributed by atoms with Crippen LogP contribution in [0.1, 0.15) is 0 Å². The molecular formula is C20H19N3O5S2. The molecule has 10 heteroatoms. The lowest BCUT2D eigenvalue weighted by Crippen LogP contribution is -2.41.